The molecule has 3 aromatic carbocycles. The minimum Gasteiger partial charge on any atom is -0.494 e. The molecule has 1 N–H and O–H groups in total. The Hall–Kier alpha value is -3.56. The number of carbonyl (C=O) groups excluding carboxylic acids is 2. The molecule has 202 valence electrons. The number of nitrogens with zero attached hydrogens (tertiary/aromatic N) is 2. The molecule has 0 fully saturated rings. The number of benzene rings is 3. The zero-order chi connectivity index (χ0) is 27.7. The van der Waals surface area contributed by atoms with Gasteiger partial charge in [0.25, 0.3) is 10.0 Å². The molecular formula is C28H32ClN3O5S. The molecule has 1 unspecified atom stereocenters. The summed E-state index contributed by atoms with van der Waals surface area (Å²) < 4.78 is 34.0. The number of hydrogen-bond donors (Lipinski definition) is 1. The maximum atomic E-state index is 13.8. The van der Waals surface area contributed by atoms with E-state index >= 15 is 0 Å². The summed E-state index contributed by atoms with van der Waals surface area (Å²) in [7, 11) is -4.12. The molecule has 3 aromatic rings. The lowest BCUT2D eigenvalue weighted by molar-refractivity contribution is -0.139. The Morgan fingerprint density at radius 2 is 1.66 bits per heavy atom. The van der Waals surface area contributed by atoms with Crippen LogP contribution >= 0.6 is 11.6 Å². The number of amides is 2. The SMILES string of the molecule is CCNC(=O)C(C)N(Cc1cccc(Cl)c1)C(=O)CN(c1ccc(OCC)cc1)S(=O)(=O)c1ccccc1. The first-order chi connectivity index (χ1) is 18.2. The Morgan fingerprint density at radius 1 is 0.974 bits per heavy atom. The van der Waals surface area contributed by atoms with Crippen LogP contribution in [0.15, 0.2) is 83.8 Å². The number of sulfonamides is 1. The fraction of sp³-hybridized carbons (Fsp3) is 0.286. The summed E-state index contributed by atoms with van der Waals surface area (Å²) in [5, 5.41) is 3.22. The van der Waals surface area contributed by atoms with Crippen molar-refractivity contribution in [3.8, 4) is 5.75 Å². The minimum absolute atomic E-state index is 0.0415. The van der Waals surface area contributed by atoms with Gasteiger partial charge in [0.1, 0.15) is 18.3 Å². The van der Waals surface area contributed by atoms with Crippen molar-refractivity contribution in [3.63, 3.8) is 0 Å². The number of anilines is 1. The highest BCUT2D eigenvalue weighted by molar-refractivity contribution is 7.92. The Bertz CT molecular complexity index is 1330. The Kier molecular flexibility index (Phi) is 10.2. The average molecular weight is 558 g/mol. The largest absolute Gasteiger partial charge is 0.494 e. The van der Waals surface area contributed by atoms with Crippen molar-refractivity contribution in [1.82, 2.24) is 10.2 Å². The molecule has 0 aliphatic carbocycles. The third kappa shape index (κ3) is 7.26. The van der Waals surface area contributed by atoms with E-state index in [1.54, 1.807) is 80.6 Å². The maximum Gasteiger partial charge on any atom is 0.264 e. The lowest BCUT2D eigenvalue weighted by atomic mass is 10.1. The third-order valence-corrected chi connectivity index (χ3v) is 7.83. The smallest absolute Gasteiger partial charge is 0.264 e. The van der Waals surface area contributed by atoms with Crippen LogP contribution in [0.5, 0.6) is 5.75 Å². The van der Waals surface area contributed by atoms with Gasteiger partial charge in [-0.2, -0.15) is 0 Å². The van der Waals surface area contributed by atoms with Gasteiger partial charge in [0.15, 0.2) is 0 Å². The first kappa shape index (κ1) is 29.0. The Morgan fingerprint density at radius 3 is 2.26 bits per heavy atom. The molecule has 0 aliphatic heterocycles. The van der Waals surface area contributed by atoms with Crippen LogP contribution in [0, 0.1) is 0 Å². The van der Waals surface area contributed by atoms with E-state index in [9.17, 15) is 18.0 Å². The lowest BCUT2D eigenvalue weighted by Crippen LogP contribution is -2.51. The molecule has 8 nitrogen and oxygen atoms in total. The van der Waals surface area contributed by atoms with Gasteiger partial charge in [-0.3, -0.25) is 13.9 Å². The highest BCUT2D eigenvalue weighted by Crippen LogP contribution is 2.26. The molecule has 0 saturated carbocycles. The number of hydrogen-bond acceptors (Lipinski definition) is 5. The van der Waals surface area contributed by atoms with Crippen molar-refractivity contribution < 1.29 is 22.7 Å². The number of nitrogens with one attached hydrogen (secondary N) is 1. The fourth-order valence-electron chi connectivity index (χ4n) is 3.86. The molecule has 0 aliphatic rings. The van der Waals surface area contributed by atoms with Gasteiger partial charge in [0.05, 0.1) is 17.2 Å². The standard InChI is InChI=1S/C28H32ClN3O5S/c1-4-30-28(34)21(3)31(19-22-10-9-11-23(29)18-22)27(33)20-32(24-14-16-25(17-15-24)37-5-2)38(35,36)26-12-7-6-8-13-26/h6-18,21H,4-5,19-20H2,1-3H3,(H,30,34). The monoisotopic (exact) mass is 557 g/mol. The second kappa shape index (κ2) is 13.3. The predicted octanol–water partition coefficient (Wildman–Crippen LogP) is 4.49. The highest BCUT2D eigenvalue weighted by atomic mass is 35.5. The van der Waals surface area contributed by atoms with E-state index in [0.717, 1.165) is 4.31 Å². The molecule has 1 atom stereocenters. The summed E-state index contributed by atoms with van der Waals surface area (Å²) >= 11 is 6.15. The van der Waals surface area contributed by atoms with Gasteiger partial charge < -0.3 is 15.0 Å². The number of halogens is 1. The van der Waals surface area contributed by atoms with Gasteiger partial charge >= 0.3 is 0 Å². The van der Waals surface area contributed by atoms with E-state index in [1.807, 2.05) is 6.92 Å². The topological polar surface area (TPSA) is 96.0 Å². The summed E-state index contributed by atoms with van der Waals surface area (Å²) in [6.07, 6.45) is 0. The molecule has 0 heterocycles. The summed E-state index contributed by atoms with van der Waals surface area (Å²) in [6, 6.07) is 20.5. The first-order valence-corrected chi connectivity index (χ1v) is 14.1. The molecular weight excluding hydrogens is 526 g/mol. The quantitative estimate of drug-likeness (QED) is 0.354. The number of likely N-dealkylation sites (N-methyl/N-ethyl adjacent to an activating group) is 1. The van der Waals surface area contributed by atoms with Crippen LogP contribution in [-0.2, 0) is 26.2 Å². The summed E-state index contributed by atoms with van der Waals surface area (Å²) in [5.74, 6) is -0.314. The van der Waals surface area contributed by atoms with Crippen molar-refractivity contribution >= 4 is 39.1 Å². The normalized spacial score (nSPS) is 11.9. The van der Waals surface area contributed by atoms with Crippen LogP contribution in [0.4, 0.5) is 5.69 Å². The lowest BCUT2D eigenvalue weighted by Gasteiger charge is -2.32. The molecule has 2 amide bonds. The molecule has 38 heavy (non-hydrogen) atoms. The molecule has 0 aromatic heterocycles. The summed E-state index contributed by atoms with van der Waals surface area (Å²) in [6.45, 7) is 5.65. The molecule has 3 rings (SSSR count). The highest BCUT2D eigenvalue weighted by Gasteiger charge is 2.32. The predicted molar refractivity (Wildman–Crippen MR) is 149 cm³/mol. The number of carbonyl (C=O) groups is 2. The van der Waals surface area contributed by atoms with E-state index in [1.165, 1.54) is 17.0 Å². The third-order valence-electron chi connectivity index (χ3n) is 5.81. The van der Waals surface area contributed by atoms with Crippen molar-refractivity contribution in [3.05, 3.63) is 89.4 Å². The molecule has 0 radical (unpaired) electrons. The van der Waals surface area contributed by atoms with Gasteiger partial charge in [0.2, 0.25) is 11.8 Å². The zero-order valence-electron chi connectivity index (χ0n) is 21.6. The van der Waals surface area contributed by atoms with E-state index in [2.05, 4.69) is 5.32 Å². The van der Waals surface area contributed by atoms with Crippen molar-refractivity contribution in [2.24, 2.45) is 0 Å². The summed E-state index contributed by atoms with van der Waals surface area (Å²) in [4.78, 5) is 27.9. The van der Waals surface area contributed by atoms with Crippen LogP contribution in [0.1, 0.15) is 26.3 Å². The zero-order valence-corrected chi connectivity index (χ0v) is 23.2. The van der Waals surface area contributed by atoms with Crippen molar-refractivity contribution in [2.75, 3.05) is 24.0 Å². The van der Waals surface area contributed by atoms with Gasteiger partial charge in [-0.05, 0) is 74.9 Å². The maximum absolute atomic E-state index is 13.8. The van der Waals surface area contributed by atoms with E-state index in [4.69, 9.17) is 16.3 Å². The molecule has 10 heteroatoms. The number of ether oxygens (including phenoxy) is 1. The average Bonchev–Trinajstić information content (AvgIpc) is 2.91. The van der Waals surface area contributed by atoms with Crippen LogP contribution in [0.25, 0.3) is 0 Å². The van der Waals surface area contributed by atoms with E-state index in [-0.39, 0.29) is 17.3 Å². The van der Waals surface area contributed by atoms with Crippen LogP contribution in [0.3, 0.4) is 0 Å². The second-order valence-corrected chi connectivity index (χ2v) is 10.8. The minimum atomic E-state index is -4.12. The molecule has 0 bridgehead atoms. The Labute approximate surface area is 229 Å². The molecule has 0 saturated heterocycles. The van der Waals surface area contributed by atoms with Crippen molar-refractivity contribution in [2.45, 2.75) is 38.3 Å². The van der Waals surface area contributed by atoms with Crippen molar-refractivity contribution in [1.29, 1.82) is 0 Å². The van der Waals surface area contributed by atoms with Crippen LogP contribution in [0.2, 0.25) is 5.02 Å². The van der Waals surface area contributed by atoms with E-state index in [0.29, 0.717) is 35.2 Å². The van der Waals surface area contributed by atoms with Gasteiger partial charge in [-0.25, -0.2) is 8.42 Å². The van der Waals surface area contributed by atoms with Gasteiger partial charge in [-0.1, -0.05) is 41.9 Å². The number of rotatable bonds is 12. The Balaban J connectivity index is 2.01. The van der Waals surface area contributed by atoms with Crippen LogP contribution in [-0.4, -0.2) is 50.9 Å². The van der Waals surface area contributed by atoms with Crippen LogP contribution < -0.4 is 14.4 Å². The molecule has 0 spiro atoms. The van der Waals surface area contributed by atoms with Gasteiger partial charge in [-0.15, -0.1) is 0 Å². The first-order valence-electron chi connectivity index (χ1n) is 12.3. The van der Waals surface area contributed by atoms with Gasteiger partial charge in [0, 0.05) is 18.1 Å². The van der Waals surface area contributed by atoms with E-state index < -0.39 is 28.5 Å². The summed E-state index contributed by atoms with van der Waals surface area (Å²) in [5.41, 5.74) is 1.000. The fourth-order valence-corrected chi connectivity index (χ4v) is 5.51. The second-order valence-electron chi connectivity index (χ2n) is 8.47.